The van der Waals surface area contributed by atoms with Crippen LogP contribution >= 0.6 is 0 Å². The number of esters is 3. The maximum Gasteiger partial charge on any atom is 0.338 e. The van der Waals surface area contributed by atoms with Crippen LogP contribution in [0.25, 0.3) is 0 Å². The first-order valence-electron chi connectivity index (χ1n) is 10.3. The number of ether oxygens (including phenoxy) is 4. The highest BCUT2D eigenvalue weighted by Gasteiger charge is 2.34. The lowest BCUT2D eigenvalue weighted by atomic mass is 9.95. The van der Waals surface area contributed by atoms with Crippen LogP contribution in [0.5, 0.6) is 5.75 Å². The third-order valence-electron chi connectivity index (χ3n) is 4.99. The number of benzene rings is 2. The zero-order valence-corrected chi connectivity index (χ0v) is 18.9. The standard InChI is InChI=1S/C24H24N2O8/c1-4-33-23(29)19-18(13-34-22(28)16-7-5-15(6-8-16)21(27)32-3)25-24(30)26-20(19)14-9-11-17(31-2)12-10-14/h5-12,20H,4,13H2,1-3H3,(H2,25,26,30). The molecule has 0 radical (unpaired) electrons. The van der Waals surface area contributed by atoms with Crippen molar-refractivity contribution in [3.63, 3.8) is 0 Å². The van der Waals surface area contributed by atoms with Gasteiger partial charge in [-0.15, -0.1) is 0 Å². The summed E-state index contributed by atoms with van der Waals surface area (Å²) in [4.78, 5) is 49.2. The monoisotopic (exact) mass is 468 g/mol. The van der Waals surface area contributed by atoms with Crippen LogP contribution in [0, 0.1) is 0 Å². The van der Waals surface area contributed by atoms with Crippen molar-refractivity contribution >= 4 is 23.9 Å². The second-order valence-electron chi connectivity index (χ2n) is 7.06. The van der Waals surface area contributed by atoms with Gasteiger partial charge in [0, 0.05) is 0 Å². The molecule has 0 fully saturated rings. The Hall–Kier alpha value is -4.34. The zero-order chi connectivity index (χ0) is 24.7. The quantitative estimate of drug-likeness (QED) is 0.447. The van der Waals surface area contributed by atoms with Gasteiger partial charge in [-0.3, -0.25) is 0 Å². The first-order valence-corrected chi connectivity index (χ1v) is 10.3. The van der Waals surface area contributed by atoms with E-state index in [9.17, 15) is 19.2 Å². The van der Waals surface area contributed by atoms with Gasteiger partial charge in [0.15, 0.2) is 0 Å². The topological polar surface area (TPSA) is 129 Å². The number of rotatable bonds is 8. The Balaban J connectivity index is 1.86. The summed E-state index contributed by atoms with van der Waals surface area (Å²) in [6.45, 7) is 1.39. The van der Waals surface area contributed by atoms with E-state index in [0.717, 1.165) is 0 Å². The van der Waals surface area contributed by atoms with E-state index in [1.807, 2.05) is 0 Å². The largest absolute Gasteiger partial charge is 0.497 e. The van der Waals surface area contributed by atoms with Crippen molar-refractivity contribution in [3.05, 3.63) is 76.5 Å². The number of amides is 2. The summed E-state index contributed by atoms with van der Waals surface area (Å²) >= 11 is 0. The van der Waals surface area contributed by atoms with Gasteiger partial charge in [0.25, 0.3) is 0 Å². The van der Waals surface area contributed by atoms with Crippen LogP contribution in [0.2, 0.25) is 0 Å². The molecular weight excluding hydrogens is 444 g/mol. The first kappa shape index (κ1) is 24.3. The van der Waals surface area contributed by atoms with Crippen molar-refractivity contribution in [2.24, 2.45) is 0 Å². The molecule has 0 saturated heterocycles. The molecule has 0 saturated carbocycles. The van der Waals surface area contributed by atoms with Crippen molar-refractivity contribution in [2.45, 2.75) is 13.0 Å². The van der Waals surface area contributed by atoms with Gasteiger partial charge in [-0.05, 0) is 48.9 Å². The van der Waals surface area contributed by atoms with Crippen molar-refractivity contribution in [2.75, 3.05) is 27.4 Å². The Labute approximate surface area is 195 Å². The summed E-state index contributed by atoms with van der Waals surface area (Å²) in [5.74, 6) is -1.30. The van der Waals surface area contributed by atoms with Crippen LogP contribution < -0.4 is 15.4 Å². The van der Waals surface area contributed by atoms with Gasteiger partial charge in [0.1, 0.15) is 12.4 Å². The molecule has 1 heterocycles. The maximum absolute atomic E-state index is 12.8. The summed E-state index contributed by atoms with van der Waals surface area (Å²) in [6, 6.07) is 11.1. The van der Waals surface area contributed by atoms with E-state index in [0.29, 0.717) is 11.3 Å². The molecule has 0 aliphatic carbocycles. The minimum atomic E-state index is -0.827. The van der Waals surface area contributed by atoms with Crippen LogP contribution in [-0.4, -0.2) is 51.4 Å². The Morgan fingerprint density at radius 3 is 2.03 bits per heavy atom. The predicted octanol–water partition coefficient (Wildman–Crippen LogP) is 2.51. The molecule has 2 amide bonds. The second kappa shape index (κ2) is 11.0. The Bertz CT molecular complexity index is 1110. The van der Waals surface area contributed by atoms with E-state index >= 15 is 0 Å². The van der Waals surface area contributed by atoms with Gasteiger partial charge in [0.05, 0.1) is 49.3 Å². The van der Waals surface area contributed by atoms with Crippen LogP contribution in [0.4, 0.5) is 4.79 Å². The molecule has 0 bridgehead atoms. The number of hydrogen-bond donors (Lipinski definition) is 2. The molecule has 2 N–H and O–H groups in total. The molecule has 178 valence electrons. The van der Waals surface area contributed by atoms with Gasteiger partial charge in [0.2, 0.25) is 0 Å². The summed E-state index contributed by atoms with van der Waals surface area (Å²) in [5.41, 5.74) is 1.28. The minimum absolute atomic E-state index is 0.0996. The number of hydrogen-bond acceptors (Lipinski definition) is 8. The average Bonchev–Trinajstić information content (AvgIpc) is 2.86. The van der Waals surface area contributed by atoms with Crippen molar-refractivity contribution in [1.29, 1.82) is 0 Å². The molecule has 1 unspecified atom stereocenters. The molecular formula is C24H24N2O8. The lowest BCUT2D eigenvalue weighted by molar-refractivity contribution is -0.139. The molecule has 10 heteroatoms. The predicted molar refractivity (Wildman–Crippen MR) is 119 cm³/mol. The maximum atomic E-state index is 12.8. The lowest BCUT2D eigenvalue weighted by Crippen LogP contribution is -2.47. The Kier molecular flexibility index (Phi) is 7.86. The number of methoxy groups -OCH3 is 2. The van der Waals surface area contributed by atoms with Crippen LogP contribution in [0.15, 0.2) is 59.8 Å². The van der Waals surface area contributed by atoms with E-state index in [1.54, 1.807) is 31.2 Å². The summed E-state index contributed by atoms with van der Waals surface area (Å²) in [7, 11) is 2.78. The highest BCUT2D eigenvalue weighted by Crippen LogP contribution is 2.29. The molecule has 1 atom stereocenters. The number of urea groups is 1. The molecule has 0 spiro atoms. The van der Waals surface area contributed by atoms with Gasteiger partial charge in [-0.25, -0.2) is 19.2 Å². The van der Waals surface area contributed by atoms with E-state index in [1.165, 1.54) is 38.5 Å². The van der Waals surface area contributed by atoms with Gasteiger partial charge in [-0.1, -0.05) is 12.1 Å². The van der Waals surface area contributed by atoms with E-state index in [-0.39, 0.29) is 35.6 Å². The van der Waals surface area contributed by atoms with E-state index in [4.69, 9.17) is 14.2 Å². The van der Waals surface area contributed by atoms with Crippen molar-refractivity contribution in [1.82, 2.24) is 10.6 Å². The second-order valence-corrected chi connectivity index (χ2v) is 7.06. The smallest absolute Gasteiger partial charge is 0.338 e. The van der Waals surface area contributed by atoms with Gasteiger partial charge in [-0.2, -0.15) is 0 Å². The first-order chi connectivity index (χ1) is 16.4. The molecule has 2 aromatic carbocycles. The van der Waals surface area contributed by atoms with Crippen molar-refractivity contribution in [3.8, 4) is 5.75 Å². The molecule has 10 nitrogen and oxygen atoms in total. The summed E-state index contributed by atoms with van der Waals surface area (Å²) in [5, 5.41) is 5.23. The Morgan fingerprint density at radius 2 is 1.47 bits per heavy atom. The molecule has 1 aliphatic heterocycles. The minimum Gasteiger partial charge on any atom is -0.497 e. The molecule has 2 aromatic rings. The molecule has 0 aromatic heterocycles. The SMILES string of the molecule is CCOC(=O)C1=C(COC(=O)c2ccc(C(=O)OC)cc2)NC(=O)NC1c1ccc(OC)cc1. The lowest BCUT2D eigenvalue weighted by Gasteiger charge is -2.29. The highest BCUT2D eigenvalue weighted by molar-refractivity contribution is 5.96. The molecule has 1 aliphatic rings. The fourth-order valence-electron chi connectivity index (χ4n) is 3.31. The highest BCUT2D eigenvalue weighted by atomic mass is 16.5. The van der Waals surface area contributed by atoms with Crippen LogP contribution in [-0.2, 0) is 19.0 Å². The van der Waals surface area contributed by atoms with Crippen LogP contribution in [0.1, 0.15) is 39.2 Å². The Morgan fingerprint density at radius 1 is 0.853 bits per heavy atom. The number of nitrogens with one attached hydrogen (secondary N) is 2. The average molecular weight is 468 g/mol. The van der Waals surface area contributed by atoms with E-state index < -0.39 is 30.0 Å². The van der Waals surface area contributed by atoms with Crippen LogP contribution in [0.3, 0.4) is 0 Å². The third kappa shape index (κ3) is 5.52. The molecule has 3 rings (SSSR count). The third-order valence-corrected chi connectivity index (χ3v) is 4.99. The zero-order valence-electron chi connectivity index (χ0n) is 18.9. The van der Waals surface area contributed by atoms with Gasteiger partial charge < -0.3 is 29.6 Å². The fraction of sp³-hybridized carbons (Fsp3) is 0.250. The van der Waals surface area contributed by atoms with Crippen molar-refractivity contribution < 1.29 is 38.1 Å². The normalized spacial score (nSPS) is 15.0. The van der Waals surface area contributed by atoms with E-state index in [2.05, 4.69) is 15.4 Å². The number of carbonyl (C=O) groups is 4. The number of carbonyl (C=O) groups excluding carboxylic acids is 4. The molecule has 34 heavy (non-hydrogen) atoms. The summed E-state index contributed by atoms with van der Waals surface area (Å²) in [6.07, 6.45) is 0. The van der Waals surface area contributed by atoms with Gasteiger partial charge >= 0.3 is 23.9 Å². The fourth-order valence-corrected chi connectivity index (χ4v) is 3.31. The summed E-state index contributed by atoms with van der Waals surface area (Å²) < 4.78 is 20.3.